The third-order valence-electron chi connectivity index (χ3n) is 3.95. The first kappa shape index (κ1) is 9.47. The highest BCUT2D eigenvalue weighted by molar-refractivity contribution is 4.93. The molecule has 1 aliphatic carbocycles. The molecule has 2 rings (SSSR count). The quantitative estimate of drug-likeness (QED) is 0.615. The zero-order chi connectivity index (χ0) is 9.42. The van der Waals surface area contributed by atoms with Crippen LogP contribution in [-0.4, -0.2) is 35.7 Å². The van der Waals surface area contributed by atoms with Crippen LogP contribution in [0, 0.1) is 11.8 Å². The van der Waals surface area contributed by atoms with Crippen LogP contribution >= 0.6 is 0 Å². The van der Waals surface area contributed by atoms with Crippen LogP contribution in [0.1, 0.15) is 32.6 Å². The van der Waals surface area contributed by atoms with Gasteiger partial charge < -0.3 is 10.0 Å². The fourth-order valence-electron chi connectivity index (χ4n) is 3.21. The van der Waals surface area contributed by atoms with Gasteiger partial charge in [-0.25, -0.2) is 0 Å². The molecule has 13 heavy (non-hydrogen) atoms. The van der Waals surface area contributed by atoms with Gasteiger partial charge in [-0.3, -0.25) is 0 Å². The highest BCUT2D eigenvalue weighted by atomic mass is 16.3. The fourth-order valence-corrected chi connectivity index (χ4v) is 3.21. The van der Waals surface area contributed by atoms with Gasteiger partial charge in [0.2, 0.25) is 0 Å². The van der Waals surface area contributed by atoms with Crippen molar-refractivity contribution < 1.29 is 5.11 Å². The first-order chi connectivity index (χ1) is 6.20. The van der Waals surface area contributed by atoms with E-state index in [2.05, 4.69) is 18.9 Å². The standard InChI is InChI=1S/C11H21NO/c1-8-7-12(2)10-6-4-3-5-9(10)11(8)13/h8-11,13H,3-7H2,1-2H3. The van der Waals surface area contributed by atoms with Gasteiger partial charge in [0.15, 0.2) is 0 Å². The maximum Gasteiger partial charge on any atom is 0.0621 e. The van der Waals surface area contributed by atoms with Crippen LogP contribution < -0.4 is 0 Å². The van der Waals surface area contributed by atoms with E-state index in [0.717, 1.165) is 6.54 Å². The van der Waals surface area contributed by atoms with Crippen LogP contribution in [0.2, 0.25) is 0 Å². The van der Waals surface area contributed by atoms with Gasteiger partial charge >= 0.3 is 0 Å². The van der Waals surface area contributed by atoms with E-state index in [4.69, 9.17) is 0 Å². The molecule has 76 valence electrons. The Morgan fingerprint density at radius 2 is 1.92 bits per heavy atom. The molecule has 2 nitrogen and oxygen atoms in total. The molecule has 2 heteroatoms. The van der Waals surface area contributed by atoms with Crippen molar-refractivity contribution in [1.29, 1.82) is 0 Å². The van der Waals surface area contributed by atoms with Crippen LogP contribution in [0.3, 0.4) is 0 Å². The van der Waals surface area contributed by atoms with Gasteiger partial charge in [0.25, 0.3) is 0 Å². The molecule has 2 aliphatic rings. The van der Waals surface area contributed by atoms with E-state index >= 15 is 0 Å². The first-order valence-corrected chi connectivity index (χ1v) is 5.58. The van der Waals surface area contributed by atoms with E-state index in [1.54, 1.807) is 0 Å². The number of nitrogens with zero attached hydrogens (tertiary/aromatic N) is 1. The molecule has 0 radical (unpaired) electrons. The molecular formula is C11H21NO. The second kappa shape index (κ2) is 3.58. The minimum absolute atomic E-state index is 0.0403. The van der Waals surface area contributed by atoms with E-state index in [1.807, 2.05) is 0 Å². The topological polar surface area (TPSA) is 23.5 Å². The summed E-state index contributed by atoms with van der Waals surface area (Å²) in [5, 5.41) is 10.1. The lowest BCUT2D eigenvalue weighted by Gasteiger charge is -2.47. The number of likely N-dealkylation sites (tertiary alicyclic amines) is 1. The maximum absolute atomic E-state index is 10.1. The third kappa shape index (κ3) is 1.62. The van der Waals surface area contributed by atoms with Crippen molar-refractivity contribution >= 4 is 0 Å². The molecule has 2 fully saturated rings. The van der Waals surface area contributed by atoms with Crippen molar-refractivity contribution in [2.75, 3.05) is 13.6 Å². The highest BCUT2D eigenvalue weighted by Gasteiger charge is 2.40. The Balaban J connectivity index is 2.10. The fraction of sp³-hybridized carbons (Fsp3) is 1.00. The van der Waals surface area contributed by atoms with E-state index in [9.17, 15) is 5.11 Å². The molecule has 1 heterocycles. The van der Waals surface area contributed by atoms with Gasteiger partial charge in [-0.1, -0.05) is 19.8 Å². The Kier molecular flexibility index (Phi) is 2.61. The van der Waals surface area contributed by atoms with Gasteiger partial charge in [-0.05, 0) is 25.8 Å². The van der Waals surface area contributed by atoms with Crippen molar-refractivity contribution in [3.63, 3.8) is 0 Å². The Bertz CT molecular complexity index is 183. The van der Waals surface area contributed by atoms with Gasteiger partial charge in [-0.2, -0.15) is 0 Å². The number of hydrogen-bond acceptors (Lipinski definition) is 2. The molecule has 0 bridgehead atoms. The molecule has 0 aromatic carbocycles. The molecule has 4 atom stereocenters. The molecule has 1 saturated heterocycles. The maximum atomic E-state index is 10.1. The number of fused-ring (bicyclic) bond motifs is 1. The summed E-state index contributed by atoms with van der Waals surface area (Å²) in [6.45, 7) is 3.24. The van der Waals surface area contributed by atoms with Gasteiger partial charge in [0, 0.05) is 18.5 Å². The molecular weight excluding hydrogens is 162 g/mol. The van der Waals surface area contributed by atoms with Gasteiger partial charge in [0.1, 0.15) is 0 Å². The van der Waals surface area contributed by atoms with Crippen LogP contribution in [0.15, 0.2) is 0 Å². The number of rotatable bonds is 0. The molecule has 0 aromatic rings. The minimum atomic E-state index is -0.0403. The average Bonchev–Trinajstić information content (AvgIpc) is 2.15. The Morgan fingerprint density at radius 1 is 1.23 bits per heavy atom. The van der Waals surface area contributed by atoms with Crippen LogP contribution in [-0.2, 0) is 0 Å². The minimum Gasteiger partial charge on any atom is -0.392 e. The zero-order valence-electron chi connectivity index (χ0n) is 8.74. The van der Waals surface area contributed by atoms with Crippen molar-refractivity contribution in [2.45, 2.75) is 44.8 Å². The lowest BCUT2D eigenvalue weighted by atomic mass is 9.73. The molecule has 1 N–H and O–H groups in total. The lowest BCUT2D eigenvalue weighted by Crippen LogP contribution is -2.54. The van der Waals surface area contributed by atoms with Crippen molar-refractivity contribution in [1.82, 2.24) is 4.90 Å². The SMILES string of the molecule is CC1CN(C)C2CCCCC2C1O. The average molecular weight is 183 g/mol. The summed E-state index contributed by atoms with van der Waals surface area (Å²) >= 11 is 0. The predicted octanol–water partition coefficient (Wildman–Crippen LogP) is 1.49. The molecule has 0 amide bonds. The summed E-state index contributed by atoms with van der Waals surface area (Å²) in [6, 6.07) is 0.667. The number of piperidine rings is 1. The molecule has 4 unspecified atom stereocenters. The number of aliphatic hydroxyl groups excluding tert-OH is 1. The highest BCUT2D eigenvalue weighted by Crippen LogP contribution is 2.36. The zero-order valence-corrected chi connectivity index (χ0v) is 8.74. The summed E-state index contributed by atoms with van der Waals surface area (Å²) in [6.07, 6.45) is 5.16. The van der Waals surface area contributed by atoms with E-state index in [1.165, 1.54) is 25.7 Å². The van der Waals surface area contributed by atoms with Crippen LogP contribution in [0.25, 0.3) is 0 Å². The first-order valence-electron chi connectivity index (χ1n) is 5.58. The van der Waals surface area contributed by atoms with Crippen molar-refractivity contribution in [2.24, 2.45) is 11.8 Å². The summed E-state index contributed by atoms with van der Waals surface area (Å²) in [5.74, 6) is 1.02. The van der Waals surface area contributed by atoms with Crippen LogP contribution in [0.5, 0.6) is 0 Å². The Morgan fingerprint density at radius 3 is 2.69 bits per heavy atom. The molecule has 0 spiro atoms. The lowest BCUT2D eigenvalue weighted by molar-refractivity contribution is -0.0593. The van der Waals surface area contributed by atoms with Crippen LogP contribution in [0.4, 0.5) is 0 Å². The summed E-state index contributed by atoms with van der Waals surface area (Å²) in [5.41, 5.74) is 0. The van der Waals surface area contributed by atoms with Crippen molar-refractivity contribution in [3.05, 3.63) is 0 Å². The largest absolute Gasteiger partial charge is 0.392 e. The van der Waals surface area contributed by atoms with Crippen molar-refractivity contribution in [3.8, 4) is 0 Å². The van der Waals surface area contributed by atoms with E-state index < -0.39 is 0 Å². The van der Waals surface area contributed by atoms with E-state index in [0.29, 0.717) is 17.9 Å². The Labute approximate surface area is 80.9 Å². The third-order valence-corrected chi connectivity index (χ3v) is 3.95. The summed E-state index contributed by atoms with van der Waals surface area (Å²) in [7, 11) is 2.21. The second-order valence-corrected chi connectivity index (χ2v) is 4.92. The Hall–Kier alpha value is -0.0800. The molecule has 1 saturated carbocycles. The molecule has 1 aliphatic heterocycles. The summed E-state index contributed by atoms with van der Waals surface area (Å²) < 4.78 is 0. The number of aliphatic hydroxyl groups is 1. The predicted molar refractivity (Wildman–Crippen MR) is 53.5 cm³/mol. The monoisotopic (exact) mass is 183 g/mol. The summed E-state index contributed by atoms with van der Waals surface area (Å²) in [4.78, 5) is 2.46. The normalized spacial score (nSPS) is 47.3. The number of hydrogen-bond donors (Lipinski definition) is 1. The second-order valence-electron chi connectivity index (χ2n) is 4.92. The smallest absolute Gasteiger partial charge is 0.0621 e. The van der Waals surface area contributed by atoms with E-state index in [-0.39, 0.29) is 6.10 Å². The van der Waals surface area contributed by atoms with Gasteiger partial charge in [0.05, 0.1) is 6.10 Å². The molecule has 0 aromatic heterocycles. The van der Waals surface area contributed by atoms with Gasteiger partial charge in [-0.15, -0.1) is 0 Å².